The second-order valence-corrected chi connectivity index (χ2v) is 4.28. The molecule has 0 spiro atoms. The number of anilines is 2. The number of ether oxygens (including phenoxy) is 1. The first kappa shape index (κ1) is 13.6. The minimum Gasteiger partial charge on any atom is -0.467 e. The fourth-order valence-electron chi connectivity index (χ4n) is 2.00. The Morgan fingerprint density at radius 2 is 1.84 bits per heavy atom. The van der Waals surface area contributed by atoms with Gasteiger partial charge in [-0.15, -0.1) is 0 Å². The molecule has 1 aromatic rings. The molecule has 0 bridgehead atoms. The molecule has 0 amide bonds. The van der Waals surface area contributed by atoms with Crippen molar-refractivity contribution in [3.05, 3.63) is 0 Å². The average Bonchev–Trinajstić information content (AvgIpc) is 2.37. The van der Waals surface area contributed by atoms with Crippen LogP contribution in [0.2, 0.25) is 0 Å². The van der Waals surface area contributed by atoms with Gasteiger partial charge in [0.25, 0.3) is 0 Å². The Bertz CT molecular complexity index is 445. The summed E-state index contributed by atoms with van der Waals surface area (Å²) in [5.41, 5.74) is 5.49. The second-order valence-electron chi connectivity index (χ2n) is 4.28. The lowest BCUT2D eigenvalue weighted by atomic mass is 9.96. The molecule has 0 atom stereocenters. The maximum atomic E-state index is 12.6. The Morgan fingerprint density at radius 1 is 1.21 bits per heavy atom. The lowest BCUT2D eigenvalue weighted by Crippen LogP contribution is -2.39. The van der Waals surface area contributed by atoms with E-state index in [1.54, 1.807) is 4.90 Å². The molecule has 0 aliphatic carbocycles. The number of alkyl halides is 3. The molecule has 2 N–H and O–H groups in total. The second kappa shape index (κ2) is 5.06. The number of nitrogens with two attached hydrogens (primary N) is 1. The summed E-state index contributed by atoms with van der Waals surface area (Å²) in [6.45, 7) is 0.466. The SMILES string of the molecule is COc1nc(N)nc(N2CCC(C(F)(F)F)CC2)n1. The minimum absolute atomic E-state index is 0.0141. The zero-order valence-electron chi connectivity index (χ0n) is 10.3. The number of methoxy groups -OCH3 is 1. The van der Waals surface area contributed by atoms with E-state index in [9.17, 15) is 13.2 Å². The normalized spacial score (nSPS) is 17.6. The fraction of sp³-hybridized carbons (Fsp3) is 0.700. The highest BCUT2D eigenvalue weighted by molar-refractivity contribution is 5.36. The van der Waals surface area contributed by atoms with Crippen LogP contribution in [0.5, 0.6) is 6.01 Å². The van der Waals surface area contributed by atoms with E-state index in [1.807, 2.05) is 0 Å². The van der Waals surface area contributed by atoms with Crippen molar-refractivity contribution in [2.45, 2.75) is 19.0 Å². The summed E-state index contributed by atoms with van der Waals surface area (Å²) in [7, 11) is 1.38. The molecule has 106 valence electrons. The minimum atomic E-state index is -4.14. The van der Waals surface area contributed by atoms with Crippen LogP contribution in [0.4, 0.5) is 25.1 Å². The maximum absolute atomic E-state index is 12.6. The average molecular weight is 277 g/mol. The number of hydrogen-bond acceptors (Lipinski definition) is 6. The molecule has 1 aromatic heterocycles. The van der Waals surface area contributed by atoms with E-state index in [1.165, 1.54) is 7.11 Å². The van der Waals surface area contributed by atoms with Gasteiger partial charge in [-0.1, -0.05) is 0 Å². The molecule has 6 nitrogen and oxygen atoms in total. The zero-order valence-corrected chi connectivity index (χ0v) is 10.3. The van der Waals surface area contributed by atoms with Gasteiger partial charge in [0, 0.05) is 13.1 Å². The van der Waals surface area contributed by atoms with Crippen LogP contribution in [0, 0.1) is 5.92 Å². The molecule has 1 aliphatic rings. The van der Waals surface area contributed by atoms with E-state index in [0.29, 0.717) is 0 Å². The number of piperidine rings is 1. The third-order valence-corrected chi connectivity index (χ3v) is 3.04. The van der Waals surface area contributed by atoms with Gasteiger partial charge in [0.1, 0.15) is 0 Å². The van der Waals surface area contributed by atoms with Crippen LogP contribution < -0.4 is 15.4 Å². The van der Waals surface area contributed by atoms with Gasteiger partial charge in [-0.05, 0) is 12.8 Å². The molecule has 1 saturated heterocycles. The van der Waals surface area contributed by atoms with Crippen LogP contribution in [-0.2, 0) is 0 Å². The molecule has 0 saturated carbocycles. The van der Waals surface area contributed by atoms with Crippen molar-refractivity contribution in [3.63, 3.8) is 0 Å². The molecule has 0 radical (unpaired) electrons. The van der Waals surface area contributed by atoms with Crippen molar-refractivity contribution in [2.75, 3.05) is 30.8 Å². The van der Waals surface area contributed by atoms with E-state index in [4.69, 9.17) is 10.5 Å². The first-order chi connectivity index (χ1) is 8.90. The first-order valence-corrected chi connectivity index (χ1v) is 5.77. The lowest BCUT2D eigenvalue weighted by Gasteiger charge is -2.32. The van der Waals surface area contributed by atoms with Gasteiger partial charge in [0.15, 0.2) is 0 Å². The largest absolute Gasteiger partial charge is 0.467 e. The predicted octanol–water partition coefficient (Wildman–Crippen LogP) is 1.24. The van der Waals surface area contributed by atoms with Crippen molar-refractivity contribution >= 4 is 11.9 Å². The summed E-state index contributed by atoms with van der Waals surface area (Å²) in [6.07, 6.45) is -4.09. The monoisotopic (exact) mass is 277 g/mol. The maximum Gasteiger partial charge on any atom is 0.391 e. The Kier molecular flexibility index (Phi) is 3.63. The number of rotatable bonds is 2. The molecule has 0 unspecified atom stereocenters. The van der Waals surface area contributed by atoms with Crippen LogP contribution in [0.25, 0.3) is 0 Å². The topological polar surface area (TPSA) is 77.2 Å². The summed E-state index contributed by atoms with van der Waals surface area (Å²) in [5.74, 6) is -1.02. The summed E-state index contributed by atoms with van der Waals surface area (Å²) in [6, 6.07) is 0.0560. The number of aromatic nitrogens is 3. The Hall–Kier alpha value is -1.80. The number of halogens is 3. The Morgan fingerprint density at radius 3 is 2.37 bits per heavy atom. The van der Waals surface area contributed by atoms with Crippen LogP contribution >= 0.6 is 0 Å². The molecule has 2 rings (SSSR count). The van der Waals surface area contributed by atoms with Gasteiger partial charge in [0.2, 0.25) is 11.9 Å². The molecule has 1 aliphatic heterocycles. The van der Waals surface area contributed by atoms with Gasteiger partial charge in [-0.2, -0.15) is 28.1 Å². The van der Waals surface area contributed by atoms with Crippen molar-refractivity contribution < 1.29 is 17.9 Å². The van der Waals surface area contributed by atoms with Gasteiger partial charge in [-0.3, -0.25) is 0 Å². The molecule has 2 heterocycles. The molecular formula is C10H14F3N5O. The number of hydrogen-bond donors (Lipinski definition) is 1. The van der Waals surface area contributed by atoms with Gasteiger partial charge in [-0.25, -0.2) is 0 Å². The quantitative estimate of drug-likeness (QED) is 0.876. The molecular weight excluding hydrogens is 263 g/mol. The standard InChI is InChI=1S/C10H14F3N5O/c1-19-9-16-7(14)15-8(17-9)18-4-2-6(3-5-18)10(11,12)13/h6H,2-5H2,1H3,(H2,14,15,16,17). The van der Waals surface area contributed by atoms with Crippen LogP contribution in [-0.4, -0.2) is 41.3 Å². The van der Waals surface area contributed by atoms with Crippen LogP contribution in [0.1, 0.15) is 12.8 Å². The lowest BCUT2D eigenvalue weighted by molar-refractivity contribution is -0.179. The number of nitrogen functional groups attached to an aromatic ring is 1. The van der Waals surface area contributed by atoms with E-state index < -0.39 is 12.1 Å². The molecule has 1 fully saturated rings. The third kappa shape index (κ3) is 3.15. The van der Waals surface area contributed by atoms with Crippen molar-refractivity contribution in [1.29, 1.82) is 0 Å². The highest BCUT2D eigenvalue weighted by atomic mass is 19.4. The molecule has 0 aromatic carbocycles. The highest BCUT2D eigenvalue weighted by Gasteiger charge is 2.41. The third-order valence-electron chi connectivity index (χ3n) is 3.04. The van der Waals surface area contributed by atoms with Crippen LogP contribution in [0.3, 0.4) is 0 Å². The first-order valence-electron chi connectivity index (χ1n) is 5.77. The van der Waals surface area contributed by atoms with Gasteiger partial charge < -0.3 is 15.4 Å². The van der Waals surface area contributed by atoms with E-state index in [0.717, 1.165) is 0 Å². The van der Waals surface area contributed by atoms with Crippen molar-refractivity contribution in [2.24, 2.45) is 5.92 Å². The zero-order chi connectivity index (χ0) is 14.0. The molecule has 19 heavy (non-hydrogen) atoms. The van der Waals surface area contributed by atoms with E-state index in [-0.39, 0.29) is 43.8 Å². The summed E-state index contributed by atoms with van der Waals surface area (Å²) < 4.78 is 42.5. The Labute approximate surface area is 107 Å². The van der Waals surface area contributed by atoms with Gasteiger partial charge in [0.05, 0.1) is 13.0 Å². The van der Waals surface area contributed by atoms with Crippen LogP contribution in [0.15, 0.2) is 0 Å². The number of nitrogens with zero attached hydrogens (tertiary/aromatic N) is 4. The van der Waals surface area contributed by atoms with Crippen molar-refractivity contribution in [3.8, 4) is 6.01 Å². The molecule has 9 heteroatoms. The predicted molar refractivity (Wildman–Crippen MR) is 61.8 cm³/mol. The highest BCUT2D eigenvalue weighted by Crippen LogP contribution is 2.34. The van der Waals surface area contributed by atoms with Gasteiger partial charge >= 0.3 is 12.2 Å². The Balaban J connectivity index is 2.07. The summed E-state index contributed by atoms with van der Waals surface area (Å²) in [5, 5.41) is 0. The summed E-state index contributed by atoms with van der Waals surface area (Å²) in [4.78, 5) is 13.3. The van der Waals surface area contributed by atoms with Crippen molar-refractivity contribution in [1.82, 2.24) is 15.0 Å². The fourth-order valence-corrected chi connectivity index (χ4v) is 2.00. The summed E-state index contributed by atoms with van der Waals surface area (Å²) >= 11 is 0. The van der Waals surface area contributed by atoms with E-state index in [2.05, 4.69) is 15.0 Å². The van der Waals surface area contributed by atoms with E-state index >= 15 is 0 Å². The smallest absolute Gasteiger partial charge is 0.391 e.